The van der Waals surface area contributed by atoms with Crippen molar-refractivity contribution >= 4 is 21.9 Å². The van der Waals surface area contributed by atoms with Crippen LogP contribution in [0.5, 0.6) is 5.75 Å². The Balaban J connectivity index is 1.91. The zero-order valence-electron chi connectivity index (χ0n) is 11.4. The van der Waals surface area contributed by atoms with Crippen molar-refractivity contribution in [2.75, 3.05) is 33.3 Å². The number of hydrogen-bond acceptors (Lipinski definition) is 4. The number of guanidine groups is 1. The summed E-state index contributed by atoms with van der Waals surface area (Å²) in [6.07, 6.45) is -4.44. The number of aliphatic imine (C=N–C) groups is 1. The molecule has 0 bridgehead atoms. The van der Waals surface area contributed by atoms with Crippen LogP contribution >= 0.6 is 15.9 Å². The third kappa shape index (κ3) is 4.26. The van der Waals surface area contributed by atoms with Gasteiger partial charge >= 0.3 is 6.18 Å². The Hall–Kier alpha value is -1.44. The molecule has 116 valence electrons. The molecule has 0 amide bonds. The molecule has 1 aliphatic heterocycles. The van der Waals surface area contributed by atoms with Crippen LogP contribution in [0.4, 0.5) is 13.2 Å². The Bertz CT molecular complexity index is 534. The standard InChI is InChI=1S/C13H15BrF3N3O/c1-20-6-4-18-12(20)19-5-7-21-11-3-2-9(14)8-10(11)13(15,16)17/h2-3,8H,4-7H2,1H3,(H,18,19). The molecule has 0 atom stereocenters. The quantitative estimate of drug-likeness (QED) is 0.833. The van der Waals surface area contributed by atoms with E-state index in [9.17, 15) is 13.2 Å². The smallest absolute Gasteiger partial charge is 0.420 e. The van der Waals surface area contributed by atoms with E-state index in [1.165, 1.54) is 12.1 Å². The molecule has 4 nitrogen and oxygen atoms in total. The van der Waals surface area contributed by atoms with Crippen LogP contribution < -0.4 is 10.1 Å². The molecule has 0 fully saturated rings. The van der Waals surface area contributed by atoms with Crippen molar-refractivity contribution in [1.29, 1.82) is 0 Å². The summed E-state index contributed by atoms with van der Waals surface area (Å²) in [5, 5.41) is 3.03. The highest BCUT2D eigenvalue weighted by molar-refractivity contribution is 9.10. The minimum absolute atomic E-state index is 0.123. The fraction of sp³-hybridized carbons (Fsp3) is 0.462. The first-order chi connectivity index (χ1) is 9.88. The van der Waals surface area contributed by atoms with Crippen LogP contribution in [0.2, 0.25) is 0 Å². The van der Waals surface area contributed by atoms with E-state index in [2.05, 4.69) is 26.2 Å². The number of hydrogen-bond donors (Lipinski definition) is 1. The first-order valence-corrected chi connectivity index (χ1v) is 7.16. The number of nitrogens with zero attached hydrogens (tertiary/aromatic N) is 2. The molecule has 0 unspecified atom stereocenters. The highest BCUT2D eigenvalue weighted by Gasteiger charge is 2.34. The highest BCUT2D eigenvalue weighted by Crippen LogP contribution is 2.37. The van der Waals surface area contributed by atoms with Crippen LogP contribution in [0.25, 0.3) is 0 Å². The first kappa shape index (κ1) is 15.9. The molecular formula is C13H15BrF3N3O. The average molecular weight is 366 g/mol. The van der Waals surface area contributed by atoms with Crippen molar-refractivity contribution in [3.8, 4) is 5.75 Å². The lowest BCUT2D eigenvalue weighted by molar-refractivity contribution is -0.139. The van der Waals surface area contributed by atoms with Crippen LogP contribution in [0.15, 0.2) is 27.7 Å². The van der Waals surface area contributed by atoms with Crippen molar-refractivity contribution in [2.45, 2.75) is 6.18 Å². The van der Waals surface area contributed by atoms with Gasteiger partial charge in [0.25, 0.3) is 0 Å². The second-order valence-corrected chi connectivity index (χ2v) is 5.46. The fourth-order valence-electron chi connectivity index (χ4n) is 1.90. The van der Waals surface area contributed by atoms with Crippen LogP contribution in [-0.4, -0.2) is 44.1 Å². The second kappa shape index (κ2) is 6.55. The van der Waals surface area contributed by atoms with Gasteiger partial charge in [0.1, 0.15) is 12.4 Å². The molecule has 0 saturated carbocycles. The van der Waals surface area contributed by atoms with Crippen LogP contribution in [0, 0.1) is 0 Å². The normalized spacial score (nSPS) is 15.1. The molecular weight excluding hydrogens is 351 g/mol. The van der Waals surface area contributed by atoms with Gasteiger partial charge in [0.15, 0.2) is 5.96 Å². The molecule has 8 heteroatoms. The number of halogens is 4. The lowest BCUT2D eigenvalue weighted by Crippen LogP contribution is -2.37. The van der Waals surface area contributed by atoms with Crippen LogP contribution in [0.1, 0.15) is 5.56 Å². The van der Waals surface area contributed by atoms with Gasteiger partial charge < -0.3 is 15.0 Å². The zero-order valence-corrected chi connectivity index (χ0v) is 13.0. The zero-order chi connectivity index (χ0) is 15.5. The van der Waals surface area contributed by atoms with Crippen molar-refractivity contribution < 1.29 is 17.9 Å². The predicted octanol–water partition coefficient (Wildman–Crippen LogP) is 2.74. The Morgan fingerprint density at radius 1 is 1.43 bits per heavy atom. The van der Waals surface area contributed by atoms with Crippen molar-refractivity contribution in [3.05, 3.63) is 28.2 Å². The van der Waals surface area contributed by atoms with Gasteiger partial charge in [0.2, 0.25) is 0 Å². The molecule has 2 rings (SSSR count). The summed E-state index contributed by atoms with van der Waals surface area (Å²) < 4.78 is 44.3. The van der Waals surface area contributed by atoms with E-state index in [-0.39, 0.29) is 12.4 Å². The Morgan fingerprint density at radius 3 is 2.81 bits per heavy atom. The largest absolute Gasteiger partial charge is 0.491 e. The Morgan fingerprint density at radius 2 is 2.19 bits per heavy atom. The minimum atomic E-state index is -4.44. The van der Waals surface area contributed by atoms with Gasteiger partial charge in [-0.2, -0.15) is 13.2 Å². The molecule has 0 aliphatic carbocycles. The lowest BCUT2D eigenvalue weighted by atomic mass is 10.2. The van der Waals surface area contributed by atoms with Crippen LogP contribution in [0.3, 0.4) is 0 Å². The molecule has 21 heavy (non-hydrogen) atoms. The van der Waals surface area contributed by atoms with Gasteiger partial charge in [-0.1, -0.05) is 15.9 Å². The summed E-state index contributed by atoms with van der Waals surface area (Å²) in [5.41, 5.74) is -0.785. The van der Waals surface area contributed by atoms with Gasteiger partial charge in [-0.3, -0.25) is 4.99 Å². The number of benzene rings is 1. The van der Waals surface area contributed by atoms with Crippen molar-refractivity contribution in [2.24, 2.45) is 4.99 Å². The highest BCUT2D eigenvalue weighted by atomic mass is 79.9. The van der Waals surface area contributed by atoms with Crippen molar-refractivity contribution in [3.63, 3.8) is 0 Å². The minimum Gasteiger partial charge on any atom is -0.491 e. The van der Waals surface area contributed by atoms with E-state index >= 15 is 0 Å². The van der Waals surface area contributed by atoms with E-state index in [0.29, 0.717) is 11.0 Å². The molecule has 1 N–H and O–H groups in total. The molecule has 0 spiro atoms. The van der Waals surface area contributed by atoms with Gasteiger partial charge in [-0.05, 0) is 18.2 Å². The third-order valence-electron chi connectivity index (χ3n) is 2.95. The maximum absolute atomic E-state index is 12.9. The second-order valence-electron chi connectivity index (χ2n) is 4.54. The summed E-state index contributed by atoms with van der Waals surface area (Å²) in [5.74, 6) is 0.569. The summed E-state index contributed by atoms with van der Waals surface area (Å²) >= 11 is 3.03. The SMILES string of the molecule is CN1CCN=C1NCCOc1ccc(Br)cc1C(F)(F)F. The van der Waals surface area contributed by atoms with E-state index in [0.717, 1.165) is 25.1 Å². The van der Waals surface area contributed by atoms with Gasteiger partial charge in [-0.25, -0.2) is 0 Å². The van der Waals surface area contributed by atoms with E-state index < -0.39 is 11.7 Å². The lowest BCUT2D eigenvalue weighted by Gasteiger charge is -2.17. The third-order valence-corrected chi connectivity index (χ3v) is 3.44. The molecule has 1 aliphatic rings. The number of likely N-dealkylation sites (N-methyl/N-ethyl adjacent to an activating group) is 1. The topological polar surface area (TPSA) is 36.9 Å². The molecule has 0 aromatic heterocycles. The molecule has 0 radical (unpaired) electrons. The van der Waals surface area contributed by atoms with Gasteiger partial charge in [-0.15, -0.1) is 0 Å². The molecule has 0 saturated heterocycles. The maximum atomic E-state index is 12.9. The number of rotatable bonds is 4. The Labute approximate surface area is 129 Å². The van der Waals surface area contributed by atoms with Gasteiger partial charge in [0.05, 0.1) is 18.7 Å². The van der Waals surface area contributed by atoms with E-state index in [1.807, 2.05) is 11.9 Å². The average Bonchev–Trinajstić information content (AvgIpc) is 2.80. The number of ether oxygens (including phenoxy) is 1. The summed E-state index contributed by atoms with van der Waals surface area (Å²) in [4.78, 5) is 6.16. The summed E-state index contributed by atoms with van der Waals surface area (Å²) in [6, 6.07) is 3.84. The molecule has 1 aromatic carbocycles. The fourth-order valence-corrected chi connectivity index (χ4v) is 2.26. The summed E-state index contributed by atoms with van der Waals surface area (Å²) in [7, 11) is 1.90. The number of nitrogens with one attached hydrogen (secondary N) is 1. The Kier molecular flexibility index (Phi) is 4.97. The number of alkyl halides is 3. The molecule has 1 heterocycles. The van der Waals surface area contributed by atoms with Gasteiger partial charge in [0, 0.05) is 18.1 Å². The monoisotopic (exact) mass is 365 g/mol. The summed E-state index contributed by atoms with van der Waals surface area (Å²) in [6.45, 7) is 2.08. The van der Waals surface area contributed by atoms with Crippen LogP contribution in [-0.2, 0) is 6.18 Å². The van der Waals surface area contributed by atoms with E-state index in [4.69, 9.17) is 4.74 Å². The maximum Gasteiger partial charge on any atom is 0.420 e. The van der Waals surface area contributed by atoms with Crippen molar-refractivity contribution in [1.82, 2.24) is 10.2 Å². The first-order valence-electron chi connectivity index (χ1n) is 6.37. The predicted molar refractivity (Wildman–Crippen MR) is 77.6 cm³/mol. The van der Waals surface area contributed by atoms with E-state index in [1.54, 1.807) is 0 Å². The molecule has 1 aromatic rings.